The smallest absolute Gasteiger partial charge is 0.269 e. The van der Waals surface area contributed by atoms with Crippen molar-refractivity contribution >= 4 is 11.8 Å². The van der Waals surface area contributed by atoms with Crippen LogP contribution in [-0.4, -0.2) is 43.1 Å². The predicted molar refractivity (Wildman–Crippen MR) is 82.8 cm³/mol. The van der Waals surface area contributed by atoms with E-state index < -0.39 is 0 Å². The minimum Gasteiger partial charge on any atom is -0.383 e. The van der Waals surface area contributed by atoms with E-state index in [1.165, 1.54) is 18.7 Å². The molecule has 0 radical (unpaired) electrons. The lowest BCUT2D eigenvalue weighted by Gasteiger charge is -2.22. The number of rotatable bonds is 6. The average Bonchev–Trinajstić information content (AvgIpc) is 2.56. The fourth-order valence-electron chi connectivity index (χ4n) is 2.57. The Morgan fingerprint density at radius 2 is 2.05 bits per heavy atom. The number of amides is 2. The van der Waals surface area contributed by atoms with Crippen LogP contribution >= 0.6 is 0 Å². The molecule has 0 atom stereocenters. The van der Waals surface area contributed by atoms with Crippen molar-refractivity contribution in [3.63, 3.8) is 0 Å². The van der Waals surface area contributed by atoms with Crippen molar-refractivity contribution in [2.75, 3.05) is 20.3 Å². The van der Waals surface area contributed by atoms with Gasteiger partial charge in [0.05, 0.1) is 6.61 Å². The Morgan fingerprint density at radius 1 is 1.27 bits per heavy atom. The molecular formula is C16H23N3O3. The van der Waals surface area contributed by atoms with Gasteiger partial charge in [-0.2, -0.15) is 0 Å². The molecule has 0 aromatic carbocycles. The molecule has 1 aliphatic carbocycles. The van der Waals surface area contributed by atoms with Crippen molar-refractivity contribution in [3.05, 3.63) is 29.6 Å². The molecule has 6 nitrogen and oxygen atoms in total. The number of ether oxygens (including phenoxy) is 1. The molecule has 0 aliphatic heterocycles. The van der Waals surface area contributed by atoms with Gasteiger partial charge in [0, 0.05) is 31.5 Å². The lowest BCUT2D eigenvalue weighted by atomic mass is 9.95. The summed E-state index contributed by atoms with van der Waals surface area (Å²) in [6.45, 7) is 0.850. The maximum atomic E-state index is 12.3. The Hall–Kier alpha value is -1.95. The summed E-state index contributed by atoms with van der Waals surface area (Å²) >= 11 is 0. The molecule has 2 N–H and O–H groups in total. The van der Waals surface area contributed by atoms with Gasteiger partial charge in [-0.15, -0.1) is 0 Å². The summed E-state index contributed by atoms with van der Waals surface area (Å²) in [5, 5.41) is 5.72. The van der Waals surface area contributed by atoms with Crippen LogP contribution in [0.1, 0.15) is 53.0 Å². The molecule has 1 aromatic rings. The second-order valence-corrected chi connectivity index (χ2v) is 5.49. The van der Waals surface area contributed by atoms with Gasteiger partial charge in [0.15, 0.2) is 0 Å². The Balaban J connectivity index is 1.94. The third-order valence-corrected chi connectivity index (χ3v) is 3.79. The van der Waals surface area contributed by atoms with E-state index in [-0.39, 0.29) is 23.6 Å². The molecule has 1 aromatic heterocycles. The molecule has 0 bridgehead atoms. The van der Waals surface area contributed by atoms with Gasteiger partial charge in [0.1, 0.15) is 5.69 Å². The zero-order chi connectivity index (χ0) is 15.8. The Labute approximate surface area is 130 Å². The minimum atomic E-state index is -0.302. The molecular weight excluding hydrogens is 282 g/mol. The number of carbonyl (C=O) groups excluding carboxylic acids is 2. The normalized spacial score (nSPS) is 15.3. The van der Waals surface area contributed by atoms with Crippen LogP contribution in [0.15, 0.2) is 18.3 Å². The standard InChI is InChI=1S/C16H23N3O3/c1-22-10-9-18-16(21)14-11-12(7-8-17-14)15(20)19-13-5-3-2-4-6-13/h7-8,11,13H,2-6,9-10H2,1H3,(H,18,21)(H,19,20). The van der Waals surface area contributed by atoms with Gasteiger partial charge in [-0.1, -0.05) is 19.3 Å². The third kappa shape index (κ3) is 4.80. The highest BCUT2D eigenvalue weighted by Crippen LogP contribution is 2.17. The molecule has 1 aliphatic rings. The van der Waals surface area contributed by atoms with Crippen molar-refractivity contribution in [2.24, 2.45) is 0 Å². The van der Waals surface area contributed by atoms with Crippen molar-refractivity contribution in [3.8, 4) is 0 Å². The quantitative estimate of drug-likeness (QED) is 0.781. The van der Waals surface area contributed by atoms with Gasteiger partial charge in [-0.25, -0.2) is 0 Å². The first-order valence-corrected chi connectivity index (χ1v) is 7.75. The number of pyridine rings is 1. The van der Waals surface area contributed by atoms with Crippen LogP contribution in [0.2, 0.25) is 0 Å². The number of methoxy groups -OCH3 is 1. The van der Waals surface area contributed by atoms with Crippen molar-refractivity contribution < 1.29 is 14.3 Å². The van der Waals surface area contributed by atoms with Crippen LogP contribution in [0.5, 0.6) is 0 Å². The molecule has 1 fully saturated rings. The predicted octanol–water partition coefficient (Wildman–Crippen LogP) is 1.52. The van der Waals surface area contributed by atoms with Crippen LogP contribution in [0.25, 0.3) is 0 Å². The van der Waals surface area contributed by atoms with Gasteiger partial charge in [0.25, 0.3) is 11.8 Å². The molecule has 2 amide bonds. The first-order valence-electron chi connectivity index (χ1n) is 7.75. The fraction of sp³-hybridized carbons (Fsp3) is 0.562. The van der Waals surface area contributed by atoms with Crippen LogP contribution in [0.3, 0.4) is 0 Å². The Bertz CT molecular complexity index is 513. The van der Waals surface area contributed by atoms with E-state index in [0.29, 0.717) is 18.7 Å². The molecule has 22 heavy (non-hydrogen) atoms. The number of hydrogen-bond donors (Lipinski definition) is 2. The van der Waals surface area contributed by atoms with Crippen molar-refractivity contribution in [1.29, 1.82) is 0 Å². The largest absolute Gasteiger partial charge is 0.383 e. The lowest BCUT2D eigenvalue weighted by molar-refractivity contribution is 0.0927. The summed E-state index contributed by atoms with van der Waals surface area (Å²) in [4.78, 5) is 28.2. The van der Waals surface area contributed by atoms with E-state index >= 15 is 0 Å². The summed E-state index contributed by atoms with van der Waals surface area (Å²) in [5.41, 5.74) is 0.713. The molecule has 120 valence electrons. The number of nitrogens with zero attached hydrogens (tertiary/aromatic N) is 1. The SMILES string of the molecule is COCCNC(=O)c1cc(C(=O)NC2CCCCC2)ccn1. The Morgan fingerprint density at radius 3 is 2.77 bits per heavy atom. The van der Waals surface area contributed by atoms with Gasteiger partial charge in [-0.05, 0) is 25.0 Å². The summed E-state index contributed by atoms with van der Waals surface area (Å²) in [7, 11) is 1.57. The van der Waals surface area contributed by atoms with Crippen LogP contribution < -0.4 is 10.6 Å². The van der Waals surface area contributed by atoms with Crippen LogP contribution in [0, 0.1) is 0 Å². The highest BCUT2D eigenvalue weighted by Gasteiger charge is 2.17. The summed E-state index contributed by atoms with van der Waals surface area (Å²) in [5.74, 6) is -0.440. The minimum absolute atomic E-state index is 0.139. The Kier molecular flexibility index (Phi) is 6.33. The van der Waals surface area contributed by atoms with E-state index in [0.717, 1.165) is 25.7 Å². The molecule has 0 spiro atoms. The van der Waals surface area contributed by atoms with E-state index in [9.17, 15) is 9.59 Å². The topological polar surface area (TPSA) is 80.3 Å². The van der Waals surface area contributed by atoms with Gasteiger partial charge >= 0.3 is 0 Å². The first-order chi connectivity index (χ1) is 10.7. The van der Waals surface area contributed by atoms with E-state index in [4.69, 9.17) is 4.74 Å². The lowest BCUT2D eigenvalue weighted by Crippen LogP contribution is -2.36. The van der Waals surface area contributed by atoms with Crippen LogP contribution in [-0.2, 0) is 4.74 Å². The number of nitrogens with one attached hydrogen (secondary N) is 2. The maximum absolute atomic E-state index is 12.3. The summed E-state index contributed by atoms with van der Waals surface area (Å²) in [6, 6.07) is 3.40. The van der Waals surface area contributed by atoms with Gasteiger partial charge < -0.3 is 15.4 Å². The molecule has 0 unspecified atom stereocenters. The first kappa shape index (κ1) is 16.4. The maximum Gasteiger partial charge on any atom is 0.269 e. The highest BCUT2D eigenvalue weighted by atomic mass is 16.5. The molecule has 1 saturated carbocycles. The van der Waals surface area contributed by atoms with E-state index in [2.05, 4.69) is 15.6 Å². The molecule has 0 saturated heterocycles. The van der Waals surface area contributed by atoms with Gasteiger partial charge in [-0.3, -0.25) is 14.6 Å². The van der Waals surface area contributed by atoms with Crippen LogP contribution in [0.4, 0.5) is 0 Å². The van der Waals surface area contributed by atoms with E-state index in [1.807, 2.05) is 0 Å². The van der Waals surface area contributed by atoms with Crippen molar-refractivity contribution in [2.45, 2.75) is 38.1 Å². The monoisotopic (exact) mass is 305 g/mol. The number of hydrogen-bond acceptors (Lipinski definition) is 4. The zero-order valence-corrected chi connectivity index (χ0v) is 12.9. The second kappa shape index (κ2) is 8.48. The van der Waals surface area contributed by atoms with E-state index in [1.54, 1.807) is 13.2 Å². The fourth-order valence-corrected chi connectivity index (χ4v) is 2.57. The third-order valence-electron chi connectivity index (χ3n) is 3.79. The molecule has 6 heteroatoms. The molecule has 2 rings (SSSR count). The van der Waals surface area contributed by atoms with Crippen molar-refractivity contribution in [1.82, 2.24) is 15.6 Å². The molecule has 1 heterocycles. The zero-order valence-electron chi connectivity index (χ0n) is 12.9. The van der Waals surface area contributed by atoms with Gasteiger partial charge in [0.2, 0.25) is 0 Å². The average molecular weight is 305 g/mol. The second-order valence-electron chi connectivity index (χ2n) is 5.49. The highest BCUT2D eigenvalue weighted by molar-refractivity contribution is 5.98. The summed E-state index contributed by atoms with van der Waals surface area (Å²) in [6.07, 6.45) is 7.11. The summed E-state index contributed by atoms with van der Waals surface area (Å²) < 4.78 is 4.88. The number of aromatic nitrogens is 1. The number of carbonyl (C=O) groups is 2.